The van der Waals surface area contributed by atoms with E-state index in [0.717, 1.165) is 5.82 Å². The average Bonchev–Trinajstić information content (AvgIpc) is 3.02. The molecule has 0 saturated heterocycles. The maximum Gasteiger partial charge on any atom is 0.198 e. The highest BCUT2D eigenvalue weighted by molar-refractivity contribution is 7.15. The van der Waals surface area contributed by atoms with Crippen molar-refractivity contribution in [3.8, 4) is 10.7 Å². The van der Waals surface area contributed by atoms with Gasteiger partial charge in [-0.2, -0.15) is 0 Å². The molecule has 1 aliphatic carbocycles. The summed E-state index contributed by atoms with van der Waals surface area (Å²) in [7, 11) is 0. The van der Waals surface area contributed by atoms with Crippen molar-refractivity contribution >= 4 is 28.6 Å². The van der Waals surface area contributed by atoms with Crippen molar-refractivity contribution in [1.29, 1.82) is 0 Å². The van der Waals surface area contributed by atoms with Crippen molar-refractivity contribution in [2.45, 2.75) is 25.7 Å². The number of hydrogen-bond donors (Lipinski definition) is 0. The molecular weight excluding hydrogens is 280 g/mol. The van der Waals surface area contributed by atoms with E-state index in [1.807, 2.05) is 21.9 Å². The number of aromatic nitrogens is 4. The average molecular weight is 291 g/mol. The maximum atomic E-state index is 6.03. The van der Waals surface area contributed by atoms with E-state index in [1.54, 1.807) is 6.20 Å². The summed E-state index contributed by atoms with van der Waals surface area (Å²) in [6, 6.07) is 2.25. The number of rotatable bonds is 1. The Hall–Kier alpha value is -1.46. The van der Waals surface area contributed by atoms with Crippen LogP contribution in [0.5, 0.6) is 0 Å². The van der Waals surface area contributed by atoms with E-state index in [9.17, 15) is 0 Å². The minimum absolute atomic E-state index is 0.391. The normalized spacial score (nSPS) is 14.8. The Kier molecular flexibility index (Phi) is 2.56. The monoisotopic (exact) mass is 290 g/mol. The van der Waals surface area contributed by atoms with Crippen LogP contribution in [0.25, 0.3) is 16.3 Å². The smallest absolute Gasteiger partial charge is 0.198 e. The zero-order valence-electron chi connectivity index (χ0n) is 10.1. The lowest BCUT2D eigenvalue weighted by molar-refractivity contribution is 0.697. The second kappa shape index (κ2) is 4.28. The van der Waals surface area contributed by atoms with Gasteiger partial charge in [-0.15, -0.1) is 21.5 Å². The van der Waals surface area contributed by atoms with Crippen molar-refractivity contribution in [3.63, 3.8) is 0 Å². The zero-order chi connectivity index (χ0) is 12.8. The lowest BCUT2D eigenvalue weighted by atomic mass is 9.99. The van der Waals surface area contributed by atoms with E-state index in [-0.39, 0.29) is 0 Å². The lowest BCUT2D eigenvalue weighted by Gasteiger charge is -2.08. The molecule has 3 heterocycles. The summed E-state index contributed by atoms with van der Waals surface area (Å²) in [5, 5.41) is 8.79. The Morgan fingerprint density at radius 3 is 3.00 bits per heavy atom. The molecule has 96 valence electrons. The molecule has 3 aromatic heterocycles. The van der Waals surface area contributed by atoms with Gasteiger partial charge in [0.1, 0.15) is 0 Å². The first-order valence-electron chi connectivity index (χ1n) is 6.30. The van der Waals surface area contributed by atoms with Crippen LogP contribution in [-0.2, 0) is 12.8 Å². The number of thiophene rings is 1. The molecule has 0 unspecified atom stereocenters. The molecule has 0 aromatic carbocycles. The molecule has 6 heteroatoms. The highest BCUT2D eigenvalue weighted by Gasteiger charge is 2.18. The van der Waals surface area contributed by atoms with Crippen molar-refractivity contribution in [3.05, 3.63) is 34.1 Å². The number of hydrogen-bond acceptors (Lipinski definition) is 4. The molecule has 0 aliphatic heterocycles. The van der Waals surface area contributed by atoms with Crippen LogP contribution < -0.4 is 0 Å². The fraction of sp³-hybridized carbons (Fsp3) is 0.308. The van der Waals surface area contributed by atoms with Crippen LogP contribution in [0.15, 0.2) is 18.5 Å². The van der Waals surface area contributed by atoms with Gasteiger partial charge in [-0.3, -0.25) is 4.40 Å². The Bertz CT molecular complexity index is 738. The summed E-state index contributed by atoms with van der Waals surface area (Å²) in [5.74, 6) is 0.860. The third-order valence-corrected chi connectivity index (χ3v) is 5.00. The van der Waals surface area contributed by atoms with Crippen molar-refractivity contribution in [2.75, 3.05) is 0 Å². The summed E-state index contributed by atoms with van der Waals surface area (Å²) in [6.45, 7) is 0. The van der Waals surface area contributed by atoms with Gasteiger partial charge < -0.3 is 0 Å². The molecule has 3 aromatic rings. The van der Waals surface area contributed by atoms with Gasteiger partial charge in [0.2, 0.25) is 0 Å². The van der Waals surface area contributed by atoms with E-state index in [4.69, 9.17) is 11.6 Å². The summed E-state index contributed by atoms with van der Waals surface area (Å²) >= 11 is 7.85. The molecular formula is C13H11ClN4S. The molecule has 0 bridgehead atoms. The van der Waals surface area contributed by atoms with Crippen LogP contribution in [0.1, 0.15) is 23.3 Å². The van der Waals surface area contributed by atoms with Crippen LogP contribution >= 0.6 is 22.9 Å². The van der Waals surface area contributed by atoms with Gasteiger partial charge in [0.05, 0.1) is 4.88 Å². The Balaban J connectivity index is 1.90. The quantitative estimate of drug-likeness (QED) is 0.690. The summed E-state index contributed by atoms with van der Waals surface area (Å²) in [6.07, 6.45) is 8.50. The summed E-state index contributed by atoms with van der Waals surface area (Å²) < 4.78 is 1.91. The van der Waals surface area contributed by atoms with Crippen molar-refractivity contribution < 1.29 is 0 Å². The predicted molar refractivity (Wildman–Crippen MR) is 75.7 cm³/mol. The number of nitrogens with zero attached hydrogens (tertiary/aromatic N) is 4. The molecule has 0 atom stereocenters. The lowest BCUT2D eigenvalue weighted by Crippen LogP contribution is -1.96. The molecule has 0 saturated carbocycles. The Morgan fingerprint density at radius 2 is 2.11 bits per heavy atom. The van der Waals surface area contributed by atoms with Crippen molar-refractivity contribution in [1.82, 2.24) is 19.6 Å². The van der Waals surface area contributed by atoms with E-state index >= 15 is 0 Å². The van der Waals surface area contributed by atoms with E-state index in [1.165, 1.54) is 41.0 Å². The third-order valence-electron chi connectivity index (χ3n) is 3.50. The summed E-state index contributed by atoms with van der Waals surface area (Å²) in [4.78, 5) is 6.69. The first-order chi connectivity index (χ1) is 9.33. The highest BCUT2D eigenvalue weighted by Crippen LogP contribution is 2.35. The Labute approximate surface area is 119 Å². The molecule has 1 aliphatic rings. The van der Waals surface area contributed by atoms with Gasteiger partial charge in [-0.25, -0.2) is 4.98 Å². The van der Waals surface area contributed by atoms with Gasteiger partial charge in [0.25, 0.3) is 0 Å². The number of fused-ring (bicyclic) bond motifs is 2. The minimum Gasteiger partial charge on any atom is -0.278 e. The number of aryl methyl sites for hydroxylation is 2. The minimum atomic E-state index is 0.391. The molecule has 19 heavy (non-hydrogen) atoms. The zero-order valence-corrected chi connectivity index (χ0v) is 11.7. The first kappa shape index (κ1) is 11.4. The molecule has 0 fully saturated rings. The maximum absolute atomic E-state index is 6.03. The first-order valence-corrected chi connectivity index (χ1v) is 7.49. The van der Waals surface area contributed by atoms with Crippen LogP contribution in [0.2, 0.25) is 5.15 Å². The van der Waals surface area contributed by atoms with Gasteiger partial charge >= 0.3 is 0 Å². The largest absolute Gasteiger partial charge is 0.278 e. The molecule has 0 amide bonds. The van der Waals surface area contributed by atoms with Crippen molar-refractivity contribution in [2.24, 2.45) is 0 Å². The second-order valence-corrected chi connectivity index (χ2v) is 6.20. The van der Waals surface area contributed by atoms with Gasteiger partial charge in [-0.05, 0) is 37.3 Å². The summed E-state index contributed by atoms with van der Waals surface area (Å²) in [5.41, 5.74) is 2.09. The fourth-order valence-electron chi connectivity index (χ4n) is 2.57. The van der Waals surface area contributed by atoms with Crippen LogP contribution in [0.4, 0.5) is 0 Å². The third kappa shape index (κ3) is 1.76. The highest BCUT2D eigenvalue weighted by atomic mass is 35.5. The van der Waals surface area contributed by atoms with Crippen LogP contribution in [0, 0.1) is 0 Å². The van der Waals surface area contributed by atoms with E-state index < -0.39 is 0 Å². The second-order valence-electron chi connectivity index (χ2n) is 4.70. The van der Waals surface area contributed by atoms with Gasteiger partial charge in [-0.1, -0.05) is 11.6 Å². The Morgan fingerprint density at radius 1 is 1.21 bits per heavy atom. The van der Waals surface area contributed by atoms with Crippen LogP contribution in [-0.4, -0.2) is 19.6 Å². The topological polar surface area (TPSA) is 43.1 Å². The number of halogens is 1. The van der Waals surface area contributed by atoms with Gasteiger partial charge in [0.15, 0.2) is 16.6 Å². The van der Waals surface area contributed by atoms with Gasteiger partial charge in [0, 0.05) is 17.3 Å². The van der Waals surface area contributed by atoms with Crippen LogP contribution in [0.3, 0.4) is 0 Å². The predicted octanol–water partition coefficient (Wildman–Crippen LogP) is 3.39. The standard InChI is InChI=1S/C13H11ClN4S/c14-11-13-17-16-12(18(13)6-5-15-11)10-7-8-3-1-2-4-9(8)19-10/h5-7H,1-4H2. The fourth-order valence-corrected chi connectivity index (χ4v) is 3.99. The molecule has 0 spiro atoms. The molecule has 0 radical (unpaired) electrons. The molecule has 0 N–H and O–H groups in total. The van der Waals surface area contributed by atoms with E-state index in [0.29, 0.717) is 10.8 Å². The molecule has 4 rings (SSSR count). The SMILES string of the molecule is Clc1nccn2c(-c3cc4c(s3)CCCC4)nnc12. The molecule has 4 nitrogen and oxygen atoms in total. The van der Waals surface area contributed by atoms with E-state index in [2.05, 4.69) is 21.2 Å².